The van der Waals surface area contributed by atoms with Crippen molar-refractivity contribution in [2.75, 3.05) is 6.54 Å². The molecule has 4 N–H and O–H groups in total. The molecular formula is C39H58N4O7. The highest BCUT2D eigenvalue weighted by atomic mass is 16.6. The fourth-order valence-corrected chi connectivity index (χ4v) is 5.61. The van der Waals surface area contributed by atoms with Gasteiger partial charge in [-0.15, -0.1) is 0 Å². The fraction of sp³-hybridized carbons (Fsp3) is 0.564. The van der Waals surface area contributed by atoms with E-state index in [-0.39, 0.29) is 13.0 Å². The topological polar surface area (TPSA) is 157 Å². The number of unbranched alkanes of at least 4 members (excludes halogenated alkanes) is 4. The van der Waals surface area contributed by atoms with Crippen LogP contribution in [-0.4, -0.2) is 64.5 Å². The molecule has 2 aromatic rings. The van der Waals surface area contributed by atoms with Crippen molar-refractivity contribution >= 4 is 29.8 Å². The number of alkyl carbamates (subject to hydrolysis) is 1. The van der Waals surface area contributed by atoms with Crippen molar-refractivity contribution < 1.29 is 33.4 Å². The van der Waals surface area contributed by atoms with Crippen LogP contribution in [0.2, 0.25) is 0 Å². The van der Waals surface area contributed by atoms with Crippen LogP contribution < -0.4 is 16.4 Å². The largest absolute Gasteiger partial charge is 0.458 e. The molecule has 3 atom stereocenters. The summed E-state index contributed by atoms with van der Waals surface area (Å²) in [6, 6.07) is 11.1. The average molecular weight is 695 g/mol. The van der Waals surface area contributed by atoms with E-state index in [1.165, 1.54) is 4.90 Å². The van der Waals surface area contributed by atoms with Gasteiger partial charge in [-0.2, -0.15) is 0 Å². The number of primary amides is 1. The first-order valence-electron chi connectivity index (χ1n) is 17.5. The quantitative estimate of drug-likeness (QED) is 0.136. The lowest BCUT2D eigenvalue weighted by atomic mass is 9.97. The SMILES string of the molecule is CCCCCCCN(C(=O)C(CC(N)=O)NC(=O)OC(C)(C)C)C(C(=O)NC(Cc1ccccc1)C(=O)OC(C)(C)C)c1cc(C)cc(C)c1. The van der Waals surface area contributed by atoms with Gasteiger partial charge in [0.05, 0.1) is 6.42 Å². The van der Waals surface area contributed by atoms with Gasteiger partial charge in [0.25, 0.3) is 0 Å². The van der Waals surface area contributed by atoms with Crippen LogP contribution in [0.3, 0.4) is 0 Å². The Morgan fingerprint density at radius 3 is 1.90 bits per heavy atom. The second-order valence-corrected chi connectivity index (χ2v) is 14.9. The number of aryl methyl sites for hydroxylation is 2. The Bertz CT molecular complexity index is 1430. The minimum absolute atomic E-state index is 0.134. The highest BCUT2D eigenvalue weighted by molar-refractivity contribution is 5.95. The third kappa shape index (κ3) is 15.0. The molecule has 0 fully saturated rings. The van der Waals surface area contributed by atoms with Crippen molar-refractivity contribution in [1.29, 1.82) is 0 Å². The van der Waals surface area contributed by atoms with Gasteiger partial charge in [0.2, 0.25) is 17.7 Å². The van der Waals surface area contributed by atoms with Gasteiger partial charge in [-0.25, -0.2) is 9.59 Å². The highest BCUT2D eigenvalue weighted by Crippen LogP contribution is 2.27. The number of hydrogen-bond donors (Lipinski definition) is 3. The Labute approximate surface area is 298 Å². The van der Waals surface area contributed by atoms with Crippen LogP contribution in [0.15, 0.2) is 48.5 Å². The molecular weight excluding hydrogens is 636 g/mol. The van der Waals surface area contributed by atoms with E-state index in [0.29, 0.717) is 12.0 Å². The number of nitrogens with one attached hydrogen (secondary N) is 2. The smallest absolute Gasteiger partial charge is 0.408 e. The molecule has 0 aliphatic carbocycles. The summed E-state index contributed by atoms with van der Waals surface area (Å²) in [5.41, 5.74) is 6.92. The molecule has 2 rings (SSSR count). The standard InChI is InChI=1S/C39H58N4O7/c1-10-11-12-13-17-20-43(35(46)30(25-32(40)44)42-37(48)50-39(7,8)9)33(29-22-26(2)21-27(3)23-29)34(45)41-31(36(47)49-38(4,5)6)24-28-18-15-14-16-19-28/h14-16,18-19,21-23,30-31,33H,10-13,17,20,24-25H2,1-9H3,(H2,40,44)(H,41,45)(H,42,48). The maximum atomic E-state index is 14.7. The van der Waals surface area contributed by atoms with Crippen molar-refractivity contribution in [3.63, 3.8) is 0 Å². The van der Waals surface area contributed by atoms with Gasteiger partial charge in [-0.3, -0.25) is 14.4 Å². The second kappa shape index (κ2) is 19.1. The van der Waals surface area contributed by atoms with Crippen LogP contribution in [-0.2, 0) is 35.1 Å². The normalized spacial score (nSPS) is 13.4. The Balaban J connectivity index is 2.69. The van der Waals surface area contributed by atoms with E-state index in [0.717, 1.165) is 42.4 Å². The first-order chi connectivity index (χ1) is 23.3. The van der Waals surface area contributed by atoms with Gasteiger partial charge in [-0.05, 0) is 72.9 Å². The third-order valence-electron chi connectivity index (χ3n) is 7.59. The van der Waals surface area contributed by atoms with E-state index >= 15 is 0 Å². The minimum atomic E-state index is -1.41. The van der Waals surface area contributed by atoms with Crippen molar-refractivity contribution in [1.82, 2.24) is 15.5 Å². The Kier molecular flexibility index (Phi) is 16.0. The number of carbonyl (C=O) groups excluding carboxylic acids is 5. The summed E-state index contributed by atoms with van der Waals surface area (Å²) < 4.78 is 11.1. The van der Waals surface area contributed by atoms with Gasteiger partial charge in [0.1, 0.15) is 29.3 Å². The van der Waals surface area contributed by atoms with E-state index in [1.807, 2.05) is 62.4 Å². The molecule has 0 aromatic heterocycles. The Morgan fingerprint density at radius 2 is 1.36 bits per heavy atom. The minimum Gasteiger partial charge on any atom is -0.458 e. The average Bonchev–Trinajstić information content (AvgIpc) is 2.97. The van der Waals surface area contributed by atoms with Crippen molar-refractivity contribution in [2.24, 2.45) is 5.73 Å². The maximum Gasteiger partial charge on any atom is 0.408 e. The second-order valence-electron chi connectivity index (χ2n) is 14.9. The molecule has 11 nitrogen and oxygen atoms in total. The summed E-state index contributed by atoms with van der Waals surface area (Å²) in [5.74, 6) is -2.73. The predicted octanol–water partition coefficient (Wildman–Crippen LogP) is 5.98. The lowest BCUT2D eigenvalue weighted by molar-refractivity contribution is -0.159. The number of rotatable bonds is 17. The molecule has 11 heteroatoms. The van der Waals surface area contributed by atoms with Gasteiger partial charge in [-0.1, -0.05) is 92.3 Å². The fourth-order valence-electron chi connectivity index (χ4n) is 5.61. The molecule has 0 radical (unpaired) electrons. The zero-order valence-corrected chi connectivity index (χ0v) is 31.4. The molecule has 276 valence electrons. The van der Waals surface area contributed by atoms with E-state index in [9.17, 15) is 24.0 Å². The van der Waals surface area contributed by atoms with Gasteiger partial charge < -0.3 is 30.7 Å². The zero-order valence-electron chi connectivity index (χ0n) is 31.4. The first-order valence-corrected chi connectivity index (χ1v) is 17.5. The van der Waals surface area contributed by atoms with Crippen LogP contribution in [0.5, 0.6) is 0 Å². The van der Waals surface area contributed by atoms with Crippen molar-refractivity contribution in [3.05, 3.63) is 70.8 Å². The monoisotopic (exact) mass is 694 g/mol. The number of carbonyl (C=O) groups is 5. The summed E-state index contributed by atoms with van der Waals surface area (Å²) in [6.45, 7) is 16.3. The molecule has 0 spiro atoms. The van der Waals surface area contributed by atoms with Crippen molar-refractivity contribution in [2.45, 2.75) is 137 Å². The molecule has 50 heavy (non-hydrogen) atoms. The molecule has 0 saturated carbocycles. The van der Waals surface area contributed by atoms with Crippen LogP contribution in [0.4, 0.5) is 4.79 Å². The van der Waals surface area contributed by atoms with E-state index < -0.39 is 65.5 Å². The number of nitrogens with two attached hydrogens (primary N) is 1. The summed E-state index contributed by atoms with van der Waals surface area (Å²) in [5, 5.41) is 5.43. The summed E-state index contributed by atoms with van der Waals surface area (Å²) >= 11 is 0. The maximum absolute atomic E-state index is 14.7. The molecule has 0 saturated heterocycles. The predicted molar refractivity (Wildman–Crippen MR) is 194 cm³/mol. The molecule has 0 aliphatic heterocycles. The van der Waals surface area contributed by atoms with Crippen LogP contribution >= 0.6 is 0 Å². The molecule has 0 aliphatic rings. The molecule has 0 heterocycles. The third-order valence-corrected chi connectivity index (χ3v) is 7.59. The summed E-state index contributed by atoms with van der Waals surface area (Å²) in [6.07, 6.45) is 3.03. The van der Waals surface area contributed by atoms with Gasteiger partial charge >= 0.3 is 12.1 Å². The van der Waals surface area contributed by atoms with E-state index in [1.54, 1.807) is 41.5 Å². The highest BCUT2D eigenvalue weighted by Gasteiger charge is 2.39. The summed E-state index contributed by atoms with van der Waals surface area (Å²) in [4.78, 5) is 69.3. The number of amides is 4. The van der Waals surface area contributed by atoms with Crippen LogP contribution in [0.1, 0.15) is 115 Å². The number of nitrogens with zero attached hydrogens (tertiary/aromatic N) is 1. The molecule has 3 unspecified atom stereocenters. The number of esters is 1. The Morgan fingerprint density at radius 1 is 0.780 bits per heavy atom. The number of ether oxygens (including phenoxy) is 2. The van der Waals surface area contributed by atoms with E-state index in [2.05, 4.69) is 17.6 Å². The number of benzene rings is 2. The zero-order chi connectivity index (χ0) is 37.6. The van der Waals surface area contributed by atoms with Crippen LogP contribution in [0, 0.1) is 13.8 Å². The molecule has 4 amide bonds. The molecule has 2 aromatic carbocycles. The lowest BCUT2D eigenvalue weighted by Gasteiger charge is -2.35. The van der Waals surface area contributed by atoms with E-state index in [4.69, 9.17) is 15.2 Å². The molecule has 0 bridgehead atoms. The summed E-state index contributed by atoms with van der Waals surface area (Å²) in [7, 11) is 0. The van der Waals surface area contributed by atoms with Gasteiger partial charge in [0.15, 0.2) is 0 Å². The lowest BCUT2D eigenvalue weighted by Crippen LogP contribution is -2.55. The Hall–Kier alpha value is -4.41. The number of hydrogen-bond acceptors (Lipinski definition) is 7. The van der Waals surface area contributed by atoms with Crippen molar-refractivity contribution in [3.8, 4) is 0 Å². The van der Waals surface area contributed by atoms with Gasteiger partial charge in [0, 0.05) is 13.0 Å². The first kappa shape index (κ1) is 41.8. The van der Waals surface area contributed by atoms with Crippen LogP contribution in [0.25, 0.3) is 0 Å².